The molecule has 0 saturated heterocycles. The van der Waals surface area contributed by atoms with Crippen LogP contribution in [0.4, 0.5) is 5.69 Å². The molecule has 0 aliphatic rings. The van der Waals surface area contributed by atoms with Gasteiger partial charge in [0.05, 0.1) is 13.2 Å². The average molecular weight is 257 g/mol. The van der Waals surface area contributed by atoms with Gasteiger partial charge in [0.15, 0.2) is 0 Å². The summed E-state index contributed by atoms with van der Waals surface area (Å²) in [4.78, 5) is 0. The van der Waals surface area contributed by atoms with Gasteiger partial charge in [-0.3, -0.25) is 0 Å². The molecular weight excluding hydrogens is 238 g/mol. The molecule has 2 aromatic carbocycles. The molecule has 0 aliphatic carbocycles. The Bertz CT molecular complexity index is 540. The first-order valence-electron chi connectivity index (χ1n) is 6.33. The zero-order valence-electron chi connectivity index (χ0n) is 11.3. The van der Waals surface area contributed by atoms with E-state index in [2.05, 4.69) is 5.32 Å². The summed E-state index contributed by atoms with van der Waals surface area (Å²) in [6.07, 6.45) is -0.601. The van der Waals surface area contributed by atoms with E-state index in [1.54, 1.807) is 7.11 Å². The molecule has 0 radical (unpaired) electrons. The Balaban J connectivity index is 2.05. The van der Waals surface area contributed by atoms with Gasteiger partial charge in [0.25, 0.3) is 0 Å². The summed E-state index contributed by atoms with van der Waals surface area (Å²) in [7, 11) is 1.61. The van der Waals surface area contributed by atoms with Crippen LogP contribution < -0.4 is 10.1 Å². The molecule has 0 aliphatic heterocycles. The Morgan fingerprint density at radius 3 is 2.53 bits per heavy atom. The van der Waals surface area contributed by atoms with E-state index in [0.717, 1.165) is 16.8 Å². The lowest BCUT2D eigenvalue weighted by molar-refractivity contribution is 0.187. The molecule has 0 saturated carbocycles. The van der Waals surface area contributed by atoms with Gasteiger partial charge in [-0.2, -0.15) is 0 Å². The molecule has 2 rings (SSSR count). The highest BCUT2D eigenvalue weighted by atomic mass is 16.5. The van der Waals surface area contributed by atoms with Crippen molar-refractivity contribution in [1.82, 2.24) is 0 Å². The fourth-order valence-corrected chi connectivity index (χ4v) is 2.03. The van der Waals surface area contributed by atoms with Gasteiger partial charge < -0.3 is 15.2 Å². The number of ether oxygens (including phenoxy) is 1. The minimum absolute atomic E-state index is 0.450. The van der Waals surface area contributed by atoms with E-state index in [1.165, 1.54) is 0 Å². The summed E-state index contributed by atoms with van der Waals surface area (Å²) in [5.41, 5.74) is 3.00. The first-order chi connectivity index (χ1) is 9.22. The zero-order valence-corrected chi connectivity index (χ0v) is 11.3. The van der Waals surface area contributed by atoms with E-state index < -0.39 is 6.10 Å². The molecule has 0 aromatic heterocycles. The van der Waals surface area contributed by atoms with Gasteiger partial charge >= 0.3 is 0 Å². The fraction of sp³-hybridized carbons (Fsp3) is 0.250. The topological polar surface area (TPSA) is 41.5 Å². The van der Waals surface area contributed by atoms with Crippen LogP contribution in [0.5, 0.6) is 5.75 Å². The summed E-state index contributed by atoms with van der Waals surface area (Å²) >= 11 is 0. The minimum Gasteiger partial charge on any atom is -0.496 e. The molecule has 19 heavy (non-hydrogen) atoms. The quantitative estimate of drug-likeness (QED) is 0.864. The summed E-state index contributed by atoms with van der Waals surface area (Å²) in [5, 5.41) is 13.5. The number of hydrogen-bond donors (Lipinski definition) is 2. The average Bonchev–Trinajstić information content (AvgIpc) is 2.46. The normalized spacial score (nSPS) is 11.9. The number of para-hydroxylation sites is 2. The van der Waals surface area contributed by atoms with Gasteiger partial charge in [0.1, 0.15) is 5.75 Å². The van der Waals surface area contributed by atoms with E-state index in [1.807, 2.05) is 55.5 Å². The van der Waals surface area contributed by atoms with E-state index in [9.17, 15) is 5.11 Å². The van der Waals surface area contributed by atoms with Crippen molar-refractivity contribution in [2.24, 2.45) is 0 Å². The second-order valence-corrected chi connectivity index (χ2v) is 4.45. The number of hydrogen-bond acceptors (Lipinski definition) is 3. The number of aliphatic hydroxyl groups is 1. The molecule has 1 unspecified atom stereocenters. The summed E-state index contributed by atoms with van der Waals surface area (Å²) < 4.78 is 5.25. The molecule has 0 amide bonds. The van der Waals surface area contributed by atoms with Crippen molar-refractivity contribution in [3.63, 3.8) is 0 Å². The van der Waals surface area contributed by atoms with E-state index in [-0.39, 0.29) is 0 Å². The number of aliphatic hydroxyl groups excluding tert-OH is 1. The monoisotopic (exact) mass is 257 g/mol. The number of methoxy groups -OCH3 is 1. The van der Waals surface area contributed by atoms with Crippen LogP contribution in [-0.4, -0.2) is 18.8 Å². The maximum Gasteiger partial charge on any atom is 0.124 e. The second-order valence-electron chi connectivity index (χ2n) is 4.45. The third-order valence-corrected chi connectivity index (χ3v) is 3.13. The number of aryl methyl sites for hydroxylation is 1. The lowest BCUT2D eigenvalue weighted by atomic mass is 10.1. The molecule has 0 spiro atoms. The van der Waals surface area contributed by atoms with Crippen LogP contribution in [0.3, 0.4) is 0 Å². The van der Waals surface area contributed by atoms with Gasteiger partial charge in [-0.25, -0.2) is 0 Å². The molecule has 0 fully saturated rings. The van der Waals surface area contributed by atoms with Crippen molar-refractivity contribution < 1.29 is 9.84 Å². The maximum atomic E-state index is 10.2. The van der Waals surface area contributed by atoms with Gasteiger partial charge in [0, 0.05) is 17.8 Å². The Morgan fingerprint density at radius 2 is 1.79 bits per heavy atom. The van der Waals surface area contributed by atoms with Crippen LogP contribution in [0, 0.1) is 6.92 Å². The third-order valence-electron chi connectivity index (χ3n) is 3.13. The smallest absolute Gasteiger partial charge is 0.124 e. The molecular formula is C16H19NO2. The molecule has 1 atom stereocenters. The zero-order chi connectivity index (χ0) is 13.7. The molecule has 2 aromatic rings. The Labute approximate surface area is 113 Å². The molecule has 0 heterocycles. The Kier molecular flexibility index (Phi) is 4.42. The van der Waals surface area contributed by atoms with Crippen molar-refractivity contribution in [3.05, 3.63) is 59.7 Å². The summed E-state index contributed by atoms with van der Waals surface area (Å²) in [6, 6.07) is 15.5. The van der Waals surface area contributed by atoms with Crippen LogP contribution in [-0.2, 0) is 0 Å². The highest BCUT2D eigenvalue weighted by molar-refractivity contribution is 5.50. The van der Waals surface area contributed by atoms with Crippen LogP contribution in [0.25, 0.3) is 0 Å². The largest absolute Gasteiger partial charge is 0.496 e. The standard InChI is InChI=1S/C16H19NO2/c1-12-7-3-5-9-14(12)17-11-15(18)13-8-4-6-10-16(13)19-2/h3-10,15,17-18H,11H2,1-2H3. The Morgan fingerprint density at radius 1 is 1.11 bits per heavy atom. The van der Waals surface area contributed by atoms with Crippen LogP contribution in [0.15, 0.2) is 48.5 Å². The van der Waals surface area contributed by atoms with E-state index in [0.29, 0.717) is 12.3 Å². The van der Waals surface area contributed by atoms with Crippen molar-refractivity contribution in [3.8, 4) is 5.75 Å². The van der Waals surface area contributed by atoms with Crippen LogP contribution >= 0.6 is 0 Å². The van der Waals surface area contributed by atoms with E-state index in [4.69, 9.17) is 4.74 Å². The predicted octanol–water partition coefficient (Wildman–Crippen LogP) is 3.15. The van der Waals surface area contributed by atoms with Gasteiger partial charge in [-0.1, -0.05) is 36.4 Å². The molecule has 2 N–H and O–H groups in total. The third kappa shape index (κ3) is 3.26. The van der Waals surface area contributed by atoms with E-state index >= 15 is 0 Å². The summed E-state index contributed by atoms with van der Waals surface area (Å²) in [6.45, 7) is 2.49. The van der Waals surface area contributed by atoms with Crippen molar-refractivity contribution in [2.75, 3.05) is 19.0 Å². The van der Waals surface area contributed by atoms with Crippen LogP contribution in [0.1, 0.15) is 17.2 Å². The lowest BCUT2D eigenvalue weighted by Crippen LogP contribution is -2.13. The van der Waals surface area contributed by atoms with Crippen LogP contribution in [0.2, 0.25) is 0 Å². The highest BCUT2D eigenvalue weighted by Gasteiger charge is 2.12. The number of rotatable bonds is 5. The van der Waals surface area contributed by atoms with Crippen molar-refractivity contribution in [1.29, 1.82) is 0 Å². The molecule has 3 nitrogen and oxygen atoms in total. The lowest BCUT2D eigenvalue weighted by Gasteiger charge is -2.16. The van der Waals surface area contributed by atoms with Crippen molar-refractivity contribution >= 4 is 5.69 Å². The number of anilines is 1. The maximum absolute atomic E-state index is 10.2. The fourth-order valence-electron chi connectivity index (χ4n) is 2.03. The molecule has 0 bridgehead atoms. The second kappa shape index (κ2) is 6.25. The van der Waals surface area contributed by atoms with Gasteiger partial charge in [-0.15, -0.1) is 0 Å². The number of nitrogens with one attached hydrogen (secondary N) is 1. The molecule has 3 heteroatoms. The SMILES string of the molecule is COc1ccccc1C(O)CNc1ccccc1C. The minimum atomic E-state index is -0.601. The van der Waals surface area contributed by atoms with Crippen molar-refractivity contribution in [2.45, 2.75) is 13.0 Å². The first-order valence-corrected chi connectivity index (χ1v) is 6.33. The highest BCUT2D eigenvalue weighted by Crippen LogP contribution is 2.25. The first kappa shape index (κ1) is 13.4. The summed E-state index contributed by atoms with van der Waals surface area (Å²) in [5.74, 6) is 0.710. The Hall–Kier alpha value is -2.00. The van der Waals surface area contributed by atoms with Gasteiger partial charge in [0.2, 0.25) is 0 Å². The van der Waals surface area contributed by atoms with Gasteiger partial charge in [-0.05, 0) is 24.6 Å². The predicted molar refractivity (Wildman–Crippen MR) is 77.6 cm³/mol. The number of benzene rings is 2. The molecule has 100 valence electrons.